The van der Waals surface area contributed by atoms with E-state index in [0.29, 0.717) is 18.7 Å². The van der Waals surface area contributed by atoms with Gasteiger partial charge in [0.05, 0.1) is 4.90 Å². The van der Waals surface area contributed by atoms with Crippen molar-refractivity contribution in [3.63, 3.8) is 0 Å². The fourth-order valence-corrected chi connectivity index (χ4v) is 5.55. The molecule has 1 aliphatic heterocycles. The molecule has 0 spiro atoms. The van der Waals surface area contributed by atoms with E-state index in [1.54, 1.807) is 34.5 Å². The summed E-state index contributed by atoms with van der Waals surface area (Å²) in [6.45, 7) is 5.07. The fourth-order valence-electron chi connectivity index (χ4n) is 3.80. The van der Waals surface area contributed by atoms with Gasteiger partial charge in [-0.3, -0.25) is 4.79 Å². The maximum absolute atomic E-state index is 13.1. The number of carbonyl (C=O) groups is 1. The molecule has 2 aromatic carbocycles. The van der Waals surface area contributed by atoms with Crippen LogP contribution in [-0.4, -0.2) is 43.2 Å². The number of nitrogens with zero attached hydrogens (tertiary/aromatic N) is 2. The molecule has 0 aliphatic carbocycles. The van der Waals surface area contributed by atoms with Crippen LogP contribution >= 0.6 is 0 Å². The number of hydrogen-bond donors (Lipinski definition) is 0. The van der Waals surface area contributed by atoms with E-state index in [0.717, 1.165) is 31.2 Å². The van der Waals surface area contributed by atoms with Crippen molar-refractivity contribution < 1.29 is 13.2 Å². The van der Waals surface area contributed by atoms with E-state index in [9.17, 15) is 13.2 Å². The highest BCUT2D eigenvalue weighted by atomic mass is 32.2. The summed E-state index contributed by atoms with van der Waals surface area (Å²) in [7, 11) is -1.86. The monoisotopic (exact) mass is 414 g/mol. The molecule has 29 heavy (non-hydrogen) atoms. The highest BCUT2D eigenvalue weighted by molar-refractivity contribution is 7.89. The Morgan fingerprint density at radius 3 is 2.45 bits per heavy atom. The van der Waals surface area contributed by atoms with Crippen LogP contribution in [-0.2, 0) is 23.0 Å². The zero-order valence-corrected chi connectivity index (χ0v) is 18.3. The standard InChI is InChI=1S/C23H30N2O3S/c1-4-19-11-13-20(14-12-19)17-24(3)23(26)21-9-7-10-22(16-21)29(27,28)25-15-6-5-8-18(25)2/h7,9-14,16,18H,4-6,8,15,17H2,1-3H3. The first-order chi connectivity index (χ1) is 13.8. The van der Waals surface area contributed by atoms with Crippen LogP contribution in [0, 0.1) is 0 Å². The first-order valence-electron chi connectivity index (χ1n) is 10.3. The highest BCUT2D eigenvalue weighted by Gasteiger charge is 2.31. The molecule has 1 saturated heterocycles. The van der Waals surface area contributed by atoms with E-state index in [1.807, 2.05) is 19.1 Å². The Hall–Kier alpha value is -2.18. The molecule has 2 aromatic rings. The highest BCUT2D eigenvalue weighted by Crippen LogP contribution is 2.26. The second-order valence-electron chi connectivity index (χ2n) is 7.82. The molecular formula is C23H30N2O3S. The lowest BCUT2D eigenvalue weighted by molar-refractivity contribution is 0.0785. The molecule has 156 valence electrons. The molecule has 1 unspecified atom stereocenters. The van der Waals surface area contributed by atoms with Crippen LogP contribution in [0.1, 0.15) is 54.6 Å². The Morgan fingerprint density at radius 2 is 1.79 bits per heavy atom. The number of carbonyl (C=O) groups excluding carboxylic acids is 1. The average Bonchev–Trinajstić information content (AvgIpc) is 2.74. The van der Waals surface area contributed by atoms with E-state index < -0.39 is 10.0 Å². The number of benzene rings is 2. The molecule has 0 aromatic heterocycles. The molecule has 1 heterocycles. The summed E-state index contributed by atoms with van der Waals surface area (Å²) in [4.78, 5) is 14.7. The van der Waals surface area contributed by atoms with E-state index >= 15 is 0 Å². The Bertz CT molecular complexity index is 954. The molecule has 3 rings (SSSR count). The molecule has 6 heteroatoms. The van der Waals surface area contributed by atoms with E-state index in [-0.39, 0.29) is 16.8 Å². The van der Waals surface area contributed by atoms with Gasteiger partial charge in [0.15, 0.2) is 0 Å². The lowest BCUT2D eigenvalue weighted by Crippen LogP contribution is -2.42. The number of hydrogen-bond acceptors (Lipinski definition) is 3. The fraction of sp³-hybridized carbons (Fsp3) is 0.435. The summed E-state index contributed by atoms with van der Waals surface area (Å²) >= 11 is 0. The minimum absolute atomic E-state index is 0.0122. The Morgan fingerprint density at radius 1 is 1.10 bits per heavy atom. The number of piperidine rings is 1. The van der Waals surface area contributed by atoms with Crippen LogP contribution in [0.2, 0.25) is 0 Å². The second kappa shape index (κ2) is 9.09. The largest absolute Gasteiger partial charge is 0.337 e. The third-order valence-corrected chi connectivity index (χ3v) is 7.64. The zero-order valence-electron chi connectivity index (χ0n) is 17.5. The number of rotatable bonds is 6. The van der Waals surface area contributed by atoms with Crippen molar-refractivity contribution in [1.82, 2.24) is 9.21 Å². The van der Waals surface area contributed by atoms with Crippen molar-refractivity contribution in [2.45, 2.75) is 57.0 Å². The molecule has 0 N–H and O–H groups in total. The molecule has 1 fully saturated rings. The zero-order chi connectivity index (χ0) is 21.0. The lowest BCUT2D eigenvalue weighted by atomic mass is 10.1. The third kappa shape index (κ3) is 4.87. The van der Waals surface area contributed by atoms with Crippen LogP contribution in [0.3, 0.4) is 0 Å². The molecule has 1 amide bonds. The number of aryl methyl sites for hydroxylation is 1. The normalized spacial score (nSPS) is 17.8. The summed E-state index contributed by atoms with van der Waals surface area (Å²) in [5.74, 6) is -0.187. The van der Waals surface area contributed by atoms with Crippen molar-refractivity contribution >= 4 is 15.9 Å². The number of sulfonamides is 1. The van der Waals surface area contributed by atoms with Gasteiger partial charge in [0.1, 0.15) is 0 Å². The van der Waals surface area contributed by atoms with Gasteiger partial charge in [-0.1, -0.05) is 43.7 Å². The topological polar surface area (TPSA) is 57.7 Å². The molecule has 0 saturated carbocycles. The van der Waals surface area contributed by atoms with Crippen LogP contribution in [0.15, 0.2) is 53.4 Å². The quantitative estimate of drug-likeness (QED) is 0.715. The van der Waals surface area contributed by atoms with Gasteiger partial charge in [0.2, 0.25) is 10.0 Å². The van der Waals surface area contributed by atoms with Gasteiger partial charge >= 0.3 is 0 Å². The van der Waals surface area contributed by atoms with Gasteiger partial charge in [-0.2, -0.15) is 4.31 Å². The third-order valence-electron chi connectivity index (χ3n) is 5.63. The maximum atomic E-state index is 13.1. The van der Waals surface area contributed by atoms with Crippen LogP contribution in [0.25, 0.3) is 0 Å². The van der Waals surface area contributed by atoms with Gasteiger partial charge in [0, 0.05) is 31.7 Å². The van der Waals surface area contributed by atoms with Crippen LogP contribution < -0.4 is 0 Å². The molecule has 1 atom stereocenters. The smallest absolute Gasteiger partial charge is 0.253 e. The predicted molar refractivity (Wildman–Crippen MR) is 115 cm³/mol. The van der Waals surface area contributed by atoms with Crippen LogP contribution in [0.4, 0.5) is 0 Å². The van der Waals surface area contributed by atoms with E-state index in [4.69, 9.17) is 0 Å². The van der Waals surface area contributed by atoms with Crippen molar-refractivity contribution in [1.29, 1.82) is 0 Å². The molecule has 0 radical (unpaired) electrons. The molecular weight excluding hydrogens is 384 g/mol. The summed E-state index contributed by atoms with van der Waals surface area (Å²) in [6.07, 6.45) is 3.78. The van der Waals surface area contributed by atoms with Gasteiger partial charge in [-0.25, -0.2) is 8.42 Å². The van der Waals surface area contributed by atoms with Gasteiger partial charge < -0.3 is 4.90 Å². The van der Waals surface area contributed by atoms with E-state index in [2.05, 4.69) is 19.1 Å². The summed E-state index contributed by atoms with van der Waals surface area (Å²) in [5.41, 5.74) is 2.69. The lowest BCUT2D eigenvalue weighted by Gasteiger charge is -2.32. The Balaban J connectivity index is 1.77. The van der Waals surface area contributed by atoms with Gasteiger partial charge in [0.25, 0.3) is 5.91 Å². The summed E-state index contributed by atoms with van der Waals surface area (Å²) < 4.78 is 27.8. The Kier molecular flexibility index (Phi) is 6.75. The second-order valence-corrected chi connectivity index (χ2v) is 9.71. The summed E-state index contributed by atoms with van der Waals surface area (Å²) in [6, 6.07) is 14.6. The molecule has 1 aliphatic rings. The SMILES string of the molecule is CCc1ccc(CN(C)C(=O)c2cccc(S(=O)(=O)N3CCCCC3C)c2)cc1. The van der Waals surface area contributed by atoms with Crippen molar-refractivity contribution in [3.05, 3.63) is 65.2 Å². The predicted octanol–water partition coefficient (Wildman–Crippen LogP) is 4.08. The van der Waals surface area contributed by atoms with Crippen molar-refractivity contribution in [2.24, 2.45) is 0 Å². The first-order valence-corrected chi connectivity index (χ1v) is 11.7. The maximum Gasteiger partial charge on any atom is 0.253 e. The van der Waals surface area contributed by atoms with E-state index in [1.165, 1.54) is 11.6 Å². The molecule has 0 bridgehead atoms. The minimum atomic E-state index is -3.60. The first kappa shape index (κ1) is 21.5. The Labute approximate surface area is 174 Å². The number of amides is 1. The van der Waals surface area contributed by atoms with Gasteiger partial charge in [-0.05, 0) is 55.5 Å². The van der Waals surface area contributed by atoms with Crippen molar-refractivity contribution in [2.75, 3.05) is 13.6 Å². The minimum Gasteiger partial charge on any atom is -0.337 e. The van der Waals surface area contributed by atoms with Crippen molar-refractivity contribution in [3.8, 4) is 0 Å². The molecule has 5 nitrogen and oxygen atoms in total. The average molecular weight is 415 g/mol. The summed E-state index contributed by atoms with van der Waals surface area (Å²) in [5, 5.41) is 0. The van der Waals surface area contributed by atoms with Gasteiger partial charge in [-0.15, -0.1) is 0 Å². The van der Waals surface area contributed by atoms with Crippen LogP contribution in [0.5, 0.6) is 0 Å².